The van der Waals surface area contributed by atoms with Gasteiger partial charge in [-0.15, -0.1) is 0 Å². The van der Waals surface area contributed by atoms with Crippen LogP contribution in [0.25, 0.3) is 0 Å². The lowest BCUT2D eigenvalue weighted by Gasteiger charge is -2.09. The highest BCUT2D eigenvalue weighted by molar-refractivity contribution is 6.36. The van der Waals surface area contributed by atoms with Gasteiger partial charge < -0.3 is 19.5 Å². The van der Waals surface area contributed by atoms with Crippen LogP contribution in [0.15, 0.2) is 36.4 Å². The fraction of sp³-hybridized carbons (Fsp3) is 0.263. The van der Waals surface area contributed by atoms with E-state index in [2.05, 4.69) is 5.32 Å². The molecule has 0 aliphatic heterocycles. The number of carbonyl (C=O) groups is 2. The second-order valence-electron chi connectivity index (χ2n) is 5.55. The van der Waals surface area contributed by atoms with Crippen molar-refractivity contribution in [3.8, 4) is 11.5 Å². The van der Waals surface area contributed by atoms with Gasteiger partial charge in [-0.2, -0.15) is 0 Å². The number of halogens is 2. The first-order valence-corrected chi connectivity index (χ1v) is 8.79. The lowest BCUT2D eigenvalue weighted by atomic mass is 10.1. The molecule has 27 heavy (non-hydrogen) atoms. The molecule has 6 nitrogen and oxygen atoms in total. The number of benzene rings is 2. The van der Waals surface area contributed by atoms with Crippen molar-refractivity contribution in [3.63, 3.8) is 0 Å². The summed E-state index contributed by atoms with van der Waals surface area (Å²) in [4.78, 5) is 23.8. The van der Waals surface area contributed by atoms with Crippen molar-refractivity contribution in [1.29, 1.82) is 0 Å². The summed E-state index contributed by atoms with van der Waals surface area (Å²) in [6.07, 6.45) is 0.544. The van der Waals surface area contributed by atoms with Crippen LogP contribution in [0, 0.1) is 0 Å². The molecule has 2 aromatic carbocycles. The average Bonchev–Trinajstić information content (AvgIpc) is 2.66. The molecule has 0 bridgehead atoms. The number of amides is 1. The zero-order chi connectivity index (χ0) is 19.8. The molecule has 0 aliphatic carbocycles. The molecular weight excluding hydrogens is 393 g/mol. The van der Waals surface area contributed by atoms with Crippen molar-refractivity contribution in [1.82, 2.24) is 0 Å². The highest BCUT2D eigenvalue weighted by Crippen LogP contribution is 2.25. The lowest BCUT2D eigenvalue weighted by Crippen LogP contribution is -2.21. The van der Waals surface area contributed by atoms with E-state index in [0.717, 1.165) is 5.56 Å². The number of hydrogen-bond acceptors (Lipinski definition) is 5. The maximum absolute atomic E-state index is 11.9. The molecule has 0 aromatic heterocycles. The van der Waals surface area contributed by atoms with Crippen LogP contribution in [-0.4, -0.2) is 32.7 Å². The first kappa shape index (κ1) is 20.9. The Morgan fingerprint density at radius 3 is 2.26 bits per heavy atom. The van der Waals surface area contributed by atoms with Gasteiger partial charge in [-0.1, -0.05) is 23.2 Å². The van der Waals surface area contributed by atoms with Gasteiger partial charge in [-0.05, 0) is 42.3 Å². The maximum Gasteiger partial charge on any atom is 0.306 e. The van der Waals surface area contributed by atoms with Gasteiger partial charge in [0.05, 0.1) is 24.9 Å². The minimum atomic E-state index is -0.492. The molecule has 2 rings (SSSR count). The number of carbonyl (C=O) groups excluding carboxylic acids is 2. The van der Waals surface area contributed by atoms with Crippen molar-refractivity contribution in [2.75, 3.05) is 26.1 Å². The Kier molecular flexibility index (Phi) is 7.76. The number of nitrogens with one attached hydrogen (secondary N) is 1. The van der Waals surface area contributed by atoms with Crippen molar-refractivity contribution in [2.24, 2.45) is 0 Å². The number of esters is 1. The summed E-state index contributed by atoms with van der Waals surface area (Å²) in [7, 11) is 3.11. The zero-order valence-corrected chi connectivity index (χ0v) is 16.4. The second-order valence-corrected chi connectivity index (χ2v) is 6.40. The Morgan fingerprint density at radius 2 is 1.67 bits per heavy atom. The fourth-order valence-corrected chi connectivity index (χ4v) is 2.71. The van der Waals surface area contributed by atoms with Gasteiger partial charge in [0.15, 0.2) is 6.61 Å². The molecule has 0 fully saturated rings. The van der Waals surface area contributed by atoms with Gasteiger partial charge in [0.2, 0.25) is 0 Å². The van der Waals surface area contributed by atoms with Crippen LogP contribution in [0.3, 0.4) is 0 Å². The van der Waals surface area contributed by atoms with Gasteiger partial charge in [0, 0.05) is 17.5 Å². The van der Waals surface area contributed by atoms with E-state index >= 15 is 0 Å². The summed E-state index contributed by atoms with van der Waals surface area (Å²) < 4.78 is 15.4. The Labute approximate surface area is 167 Å². The van der Waals surface area contributed by atoms with Crippen molar-refractivity contribution in [3.05, 3.63) is 52.0 Å². The zero-order valence-electron chi connectivity index (χ0n) is 14.9. The number of aryl methyl sites for hydroxylation is 1. The van der Waals surface area contributed by atoms with E-state index in [1.54, 1.807) is 32.4 Å². The van der Waals surface area contributed by atoms with E-state index < -0.39 is 18.5 Å². The summed E-state index contributed by atoms with van der Waals surface area (Å²) in [6.45, 7) is -0.404. The molecule has 0 saturated heterocycles. The van der Waals surface area contributed by atoms with Crippen molar-refractivity contribution >= 4 is 40.8 Å². The number of rotatable bonds is 8. The normalized spacial score (nSPS) is 10.2. The molecular formula is C19H19Cl2NO5. The summed E-state index contributed by atoms with van der Waals surface area (Å²) in [5, 5.41) is 3.31. The molecule has 1 amide bonds. The summed E-state index contributed by atoms with van der Waals surface area (Å²) >= 11 is 11.8. The largest absolute Gasteiger partial charge is 0.497 e. The predicted octanol–water partition coefficient (Wildman–Crippen LogP) is 4.13. The number of hydrogen-bond donors (Lipinski definition) is 1. The molecule has 0 saturated carbocycles. The molecule has 0 atom stereocenters. The van der Waals surface area contributed by atoms with E-state index in [1.165, 1.54) is 6.07 Å². The first-order chi connectivity index (χ1) is 12.9. The topological polar surface area (TPSA) is 73.9 Å². The molecule has 0 spiro atoms. The summed E-state index contributed by atoms with van der Waals surface area (Å²) in [6, 6.07) is 10.0. The van der Waals surface area contributed by atoms with Crippen molar-refractivity contribution in [2.45, 2.75) is 12.8 Å². The maximum atomic E-state index is 11.9. The van der Waals surface area contributed by atoms with E-state index in [0.29, 0.717) is 33.7 Å². The van der Waals surface area contributed by atoms with E-state index in [1.807, 2.05) is 12.1 Å². The number of anilines is 1. The molecule has 8 heteroatoms. The Morgan fingerprint density at radius 1 is 1.00 bits per heavy atom. The van der Waals surface area contributed by atoms with Crippen LogP contribution in [0.2, 0.25) is 10.0 Å². The highest BCUT2D eigenvalue weighted by atomic mass is 35.5. The third-order valence-electron chi connectivity index (χ3n) is 3.60. The van der Waals surface area contributed by atoms with Crippen LogP contribution in [0.4, 0.5) is 5.69 Å². The molecule has 1 N–H and O–H groups in total. The predicted molar refractivity (Wildman–Crippen MR) is 104 cm³/mol. The second kappa shape index (κ2) is 10.0. The SMILES string of the molecule is COc1cc(CCC(=O)OCC(=O)Nc2ccc(Cl)cc2Cl)cc(OC)c1. The summed E-state index contributed by atoms with van der Waals surface area (Å²) in [5.74, 6) is 0.290. The van der Waals surface area contributed by atoms with Gasteiger partial charge in [-0.3, -0.25) is 9.59 Å². The van der Waals surface area contributed by atoms with Gasteiger partial charge in [0.1, 0.15) is 11.5 Å². The Balaban J connectivity index is 1.81. The average molecular weight is 412 g/mol. The Hall–Kier alpha value is -2.44. The molecule has 2 aromatic rings. The third-order valence-corrected chi connectivity index (χ3v) is 4.15. The minimum Gasteiger partial charge on any atom is -0.497 e. The Bertz CT molecular complexity index is 803. The quantitative estimate of drug-likeness (QED) is 0.661. The first-order valence-electron chi connectivity index (χ1n) is 8.03. The molecule has 0 radical (unpaired) electrons. The van der Waals surface area contributed by atoms with Crippen LogP contribution in [0.5, 0.6) is 11.5 Å². The van der Waals surface area contributed by atoms with Crippen molar-refractivity contribution < 1.29 is 23.8 Å². The fourth-order valence-electron chi connectivity index (χ4n) is 2.25. The van der Waals surface area contributed by atoms with Crippen LogP contribution >= 0.6 is 23.2 Å². The molecule has 0 aliphatic rings. The monoisotopic (exact) mass is 411 g/mol. The standard InChI is InChI=1S/C19H19Cl2NO5/c1-25-14-7-12(8-15(10-14)26-2)3-6-19(24)27-11-18(23)22-17-5-4-13(20)9-16(17)21/h4-5,7-10H,3,6,11H2,1-2H3,(H,22,23). The third kappa shape index (κ3) is 6.66. The number of ether oxygens (including phenoxy) is 3. The van der Waals surface area contributed by atoms with E-state index in [-0.39, 0.29) is 6.42 Å². The van der Waals surface area contributed by atoms with Gasteiger partial charge in [-0.25, -0.2) is 0 Å². The molecule has 144 valence electrons. The van der Waals surface area contributed by atoms with E-state index in [9.17, 15) is 9.59 Å². The minimum absolute atomic E-state index is 0.116. The van der Waals surface area contributed by atoms with Crippen LogP contribution in [-0.2, 0) is 20.7 Å². The summed E-state index contributed by atoms with van der Waals surface area (Å²) in [5.41, 5.74) is 1.26. The molecule has 0 heterocycles. The number of methoxy groups -OCH3 is 2. The smallest absolute Gasteiger partial charge is 0.306 e. The highest BCUT2D eigenvalue weighted by Gasteiger charge is 2.11. The van der Waals surface area contributed by atoms with Crippen LogP contribution in [0.1, 0.15) is 12.0 Å². The van der Waals surface area contributed by atoms with Gasteiger partial charge in [0.25, 0.3) is 5.91 Å². The molecule has 0 unspecified atom stereocenters. The van der Waals surface area contributed by atoms with Gasteiger partial charge >= 0.3 is 5.97 Å². The lowest BCUT2D eigenvalue weighted by molar-refractivity contribution is -0.147. The van der Waals surface area contributed by atoms with Crippen LogP contribution < -0.4 is 14.8 Å². The van der Waals surface area contributed by atoms with E-state index in [4.69, 9.17) is 37.4 Å².